The van der Waals surface area contributed by atoms with Crippen molar-refractivity contribution >= 4 is 48.1 Å². The summed E-state index contributed by atoms with van der Waals surface area (Å²) < 4.78 is 0. The predicted octanol–water partition coefficient (Wildman–Crippen LogP) is 0.238. The lowest BCUT2D eigenvalue weighted by molar-refractivity contribution is -0.143. The number of nitrogens with one attached hydrogen (secondary N) is 3. The lowest BCUT2D eigenvalue weighted by Gasteiger charge is -2.26. The smallest absolute Gasteiger partial charge is 0.326 e. The molecule has 6 N–H and O–H groups in total. The van der Waals surface area contributed by atoms with Crippen molar-refractivity contribution in [1.29, 1.82) is 0 Å². The van der Waals surface area contributed by atoms with E-state index in [0.29, 0.717) is 12.8 Å². The number of carbonyl (C=O) groups excluding carboxylic acids is 3. The molecule has 0 rings (SSSR count). The molecule has 4 unspecified atom stereocenters. The number of thioether (sulfide) groups is 1. The summed E-state index contributed by atoms with van der Waals surface area (Å²) in [5.74, 6) is -2.32. The van der Waals surface area contributed by atoms with Gasteiger partial charge in [-0.1, -0.05) is 27.7 Å². The van der Waals surface area contributed by atoms with E-state index in [9.17, 15) is 24.3 Å². The minimum atomic E-state index is -1.16. The molecular weight excluding hydrogens is 428 g/mol. The van der Waals surface area contributed by atoms with E-state index in [4.69, 9.17) is 5.73 Å². The van der Waals surface area contributed by atoms with Gasteiger partial charge in [0.15, 0.2) is 0 Å². The number of hydrogen-bond acceptors (Lipinski definition) is 7. The highest BCUT2D eigenvalue weighted by atomic mass is 32.2. The molecule has 0 bridgehead atoms. The number of thiol groups is 1. The molecule has 0 aromatic rings. The Balaban J connectivity index is 5.18. The molecule has 0 aromatic carbocycles. The average Bonchev–Trinajstić information content (AvgIpc) is 2.66. The van der Waals surface area contributed by atoms with Crippen molar-refractivity contribution in [3.05, 3.63) is 0 Å². The van der Waals surface area contributed by atoms with Crippen LogP contribution in [0.4, 0.5) is 0 Å². The van der Waals surface area contributed by atoms with Gasteiger partial charge in [0.25, 0.3) is 0 Å². The van der Waals surface area contributed by atoms with Crippen molar-refractivity contribution < 1.29 is 24.3 Å². The van der Waals surface area contributed by atoms with Crippen molar-refractivity contribution in [1.82, 2.24) is 16.0 Å². The molecule has 9 nitrogen and oxygen atoms in total. The maximum atomic E-state index is 12.8. The summed E-state index contributed by atoms with van der Waals surface area (Å²) in [6, 6.07) is -3.73. The lowest BCUT2D eigenvalue weighted by atomic mass is 10.0. The average molecular weight is 465 g/mol. The predicted molar refractivity (Wildman–Crippen MR) is 123 cm³/mol. The first-order valence-corrected chi connectivity index (χ1v) is 12.0. The largest absolute Gasteiger partial charge is 0.480 e. The maximum Gasteiger partial charge on any atom is 0.326 e. The maximum absolute atomic E-state index is 12.8. The summed E-state index contributed by atoms with van der Waals surface area (Å²) in [6.45, 7) is 7.15. The van der Waals surface area contributed by atoms with E-state index < -0.39 is 47.9 Å². The molecule has 3 amide bonds. The molecule has 0 aromatic heterocycles. The molecule has 0 saturated heterocycles. The van der Waals surface area contributed by atoms with E-state index in [2.05, 4.69) is 28.6 Å². The van der Waals surface area contributed by atoms with Gasteiger partial charge in [-0.3, -0.25) is 14.4 Å². The second-order valence-corrected chi connectivity index (χ2v) is 9.24. The molecular formula is C19H36N4O5S2. The zero-order valence-electron chi connectivity index (χ0n) is 18.3. The van der Waals surface area contributed by atoms with E-state index in [-0.39, 0.29) is 17.6 Å². The van der Waals surface area contributed by atoms with Crippen LogP contribution in [-0.4, -0.2) is 70.7 Å². The fourth-order valence-electron chi connectivity index (χ4n) is 2.59. The first kappa shape index (κ1) is 28.5. The monoisotopic (exact) mass is 464 g/mol. The van der Waals surface area contributed by atoms with Crippen molar-refractivity contribution in [2.24, 2.45) is 17.6 Å². The van der Waals surface area contributed by atoms with Gasteiger partial charge in [0.2, 0.25) is 17.7 Å². The molecule has 0 spiro atoms. The number of nitrogens with two attached hydrogens (primary N) is 1. The van der Waals surface area contributed by atoms with Crippen LogP contribution >= 0.6 is 24.4 Å². The number of aliphatic carboxylic acids is 1. The fraction of sp³-hybridized carbons (Fsp3) is 0.789. The Morgan fingerprint density at radius 2 is 1.50 bits per heavy atom. The topological polar surface area (TPSA) is 151 Å². The first-order chi connectivity index (χ1) is 13.9. The molecule has 0 saturated carbocycles. The Morgan fingerprint density at radius 1 is 0.967 bits per heavy atom. The highest BCUT2D eigenvalue weighted by Gasteiger charge is 2.30. The number of hydrogen-bond donors (Lipinski definition) is 6. The molecule has 0 heterocycles. The van der Waals surface area contributed by atoms with Crippen molar-refractivity contribution in [2.45, 2.75) is 64.7 Å². The molecule has 0 aliphatic heterocycles. The summed E-state index contributed by atoms with van der Waals surface area (Å²) >= 11 is 5.67. The van der Waals surface area contributed by atoms with Gasteiger partial charge in [-0.2, -0.15) is 24.4 Å². The standard InChI is InChI=1S/C19H36N4O5S2/c1-10(2)8-13(21-16(24)12(20)6-7-30-5)17(25)22-14(9-29)18(26)23-15(11(3)4)19(27)28/h10-15,29H,6-9,20H2,1-5H3,(H,21,24)(H,22,25)(H,23,26)(H,27,28). The number of rotatable bonds is 14. The number of carboxylic acid groups (broad SMARTS) is 1. The molecule has 0 fully saturated rings. The van der Waals surface area contributed by atoms with Crippen LogP contribution in [-0.2, 0) is 19.2 Å². The van der Waals surface area contributed by atoms with Gasteiger partial charge in [0, 0.05) is 5.75 Å². The molecule has 0 aliphatic rings. The zero-order chi connectivity index (χ0) is 23.4. The lowest BCUT2D eigenvalue weighted by Crippen LogP contribution is -2.58. The summed E-state index contributed by atoms with van der Waals surface area (Å²) in [7, 11) is 0. The Bertz CT molecular complexity index is 589. The molecule has 0 radical (unpaired) electrons. The van der Waals surface area contributed by atoms with Gasteiger partial charge in [0.1, 0.15) is 18.1 Å². The number of carbonyl (C=O) groups is 4. The number of amides is 3. The van der Waals surface area contributed by atoms with E-state index in [1.807, 2.05) is 20.1 Å². The Kier molecular flexibility index (Phi) is 13.8. The van der Waals surface area contributed by atoms with Gasteiger partial charge < -0.3 is 26.8 Å². The van der Waals surface area contributed by atoms with Crippen molar-refractivity contribution in [3.63, 3.8) is 0 Å². The fourth-order valence-corrected chi connectivity index (χ4v) is 3.34. The number of carboxylic acids is 1. The first-order valence-electron chi connectivity index (χ1n) is 9.93. The summed E-state index contributed by atoms with van der Waals surface area (Å²) in [6.07, 6.45) is 2.75. The highest BCUT2D eigenvalue weighted by Crippen LogP contribution is 2.08. The van der Waals surface area contributed by atoms with Crippen molar-refractivity contribution in [2.75, 3.05) is 17.8 Å². The molecule has 11 heteroatoms. The van der Waals surface area contributed by atoms with Crippen LogP contribution in [0.3, 0.4) is 0 Å². The van der Waals surface area contributed by atoms with E-state index in [1.54, 1.807) is 25.6 Å². The van der Waals surface area contributed by atoms with Crippen LogP contribution in [0, 0.1) is 11.8 Å². The van der Waals surface area contributed by atoms with E-state index in [1.165, 1.54) is 0 Å². The van der Waals surface area contributed by atoms with Crippen LogP contribution in [0.25, 0.3) is 0 Å². The second kappa shape index (κ2) is 14.5. The molecule has 0 aliphatic carbocycles. The SMILES string of the molecule is CSCCC(N)C(=O)NC(CC(C)C)C(=O)NC(CS)C(=O)NC(C(=O)O)C(C)C. The third-order valence-electron chi connectivity index (χ3n) is 4.36. The Morgan fingerprint density at radius 3 is 1.93 bits per heavy atom. The molecule has 30 heavy (non-hydrogen) atoms. The van der Waals surface area contributed by atoms with Gasteiger partial charge in [-0.05, 0) is 36.7 Å². The summed E-state index contributed by atoms with van der Waals surface area (Å²) in [5, 5.41) is 16.9. The Hall–Kier alpha value is -1.46. The van der Waals surface area contributed by atoms with Crippen molar-refractivity contribution in [3.8, 4) is 0 Å². The van der Waals surface area contributed by atoms with Crippen LogP contribution < -0.4 is 21.7 Å². The minimum Gasteiger partial charge on any atom is -0.480 e. The molecule has 174 valence electrons. The Labute approximate surface area is 188 Å². The van der Waals surface area contributed by atoms with Gasteiger partial charge in [-0.15, -0.1) is 0 Å². The third-order valence-corrected chi connectivity index (χ3v) is 5.36. The van der Waals surface area contributed by atoms with Crippen LogP contribution in [0.15, 0.2) is 0 Å². The summed E-state index contributed by atoms with van der Waals surface area (Å²) in [4.78, 5) is 48.9. The minimum absolute atomic E-state index is 0.0302. The van der Waals surface area contributed by atoms with E-state index in [0.717, 1.165) is 5.75 Å². The van der Waals surface area contributed by atoms with Crippen LogP contribution in [0.2, 0.25) is 0 Å². The van der Waals surface area contributed by atoms with Gasteiger partial charge in [-0.25, -0.2) is 4.79 Å². The van der Waals surface area contributed by atoms with Crippen LogP contribution in [0.5, 0.6) is 0 Å². The second-order valence-electron chi connectivity index (χ2n) is 7.89. The normalized spacial score (nSPS) is 15.2. The third kappa shape index (κ3) is 10.5. The highest BCUT2D eigenvalue weighted by molar-refractivity contribution is 7.98. The van der Waals surface area contributed by atoms with E-state index >= 15 is 0 Å². The molecule has 4 atom stereocenters. The van der Waals surface area contributed by atoms with Gasteiger partial charge in [0.05, 0.1) is 6.04 Å². The quantitative estimate of drug-likeness (QED) is 0.202. The zero-order valence-corrected chi connectivity index (χ0v) is 20.0. The summed E-state index contributed by atoms with van der Waals surface area (Å²) in [5.41, 5.74) is 5.88. The van der Waals surface area contributed by atoms with Crippen LogP contribution in [0.1, 0.15) is 40.5 Å². The van der Waals surface area contributed by atoms with Gasteiger partial charge >= 0.3 is 5.97 Å².